The zero-order chi connectivity index (χ0) is 13.9. The van der Waals surface area contributed by atoms with Gasteiger partial charge in [-0.3, -0.25) is 4.98 Å². The van der Waals surface area contributed by atoms with Gasteiger partial charge in [-0.1, -0.05) is 0 Å². The van der Waals surface area contributed by atoms with Crippen molar-refractivity contribution in [3.05, 3.63) is 66.4 Å². The Kier molecular flexibility index (Phi) is 3.25. The first-order valence-electron chi connectivity index (χ1n) is 6.44. The van der Waals surface area contributed by atoms with Gasteiger partial charge in [0.25, 0.3) is 0 Å². The summed E-state index contributed by atoms with van der Waals surface area (Å²) in [5.41, 5.74) is 1.92. The highest BCUT2D eigenvalue weighted by Crippen LogP contribution is 2.25. The largest absolute Gasteiger partial charge is 0.467 e. The molecule has 5 nitrogen and oxygen atoms in total. The Morgan fingerprint density at radius 2 is 2.15 bits per heavy atom. The summed E-state index contributed by atoms with van der Waals surface area (Å²) in [5, 5.41) is 3.41. The summed E-state index contributed by atoms with van der Waals surface area (Å²) in [6.45, 7) is 1.96. The van der Waals surface area contributed by atoms with Crippen LogP contribution in [0.3, 0.4) is 0 Å². The van der Waals surface area contributed by atoms with E-state index in [0.717, 1.165) is 23.0 Å². The number of hydrogen-bond donors (Lipinski definition) is 1. The number of aryl methyl sites for hydroxylation is 2. The summed E-state index contributed by atoms with van der Waals surface area (Å²) in [7, 11) is 1.97. The van der Waals surface area contributed by atoms with Crippen LogP contribution in [0.5, 0.6) is 0 Å². The molecule has 1 N–H and O–H groups in total. The normalized spacial score (nSPS) is 12.3. The average molecular weight is 268 g/mol. The topological polar surface area (TPSA) is 55.9 Å². The highest BCUT2D eigenvalue weighted by molar-refractivity contribution is 5.44. The number of pyridine rings is 1. The van der Waals surface area contributed by atoms with Crippen molar-refractivity contribution in [1.82, 2.24) is 14.5 Å². The lowest BCUT2D eigenvalue weighted by Gasteiger charge is -2.17. The molecule has 102 valence electrons. The minimum Gasteiger partial charge on any atom is -0.467 e. The van der Waals surface area contributed by atoms with Gasteiger partial charge in [-0.05, 0) is 31.2 Å². The molecule has 1 atom stereocenters. The minimum absolute atomic E-state index is 0.144. The maximum Gasteiger partial charge on any atom is 0.143 e. The summed E-state index contributed by atoms with van der Waals surface area (Å²) in [4.78, 5) is 8.70. The second kappa shape index (κ2) is 5.21. The van der Waals surface area contributed by atoms with Gasteiger partial charge in [0.05, 0.1) is 18.1 Å². The third-order valence-electron chi connectivity index (χ3n) is 3.17. The molecule has 3 aromatic heterocycles. The lowest BCUT2D eigenvalue weighted by molar-refractivity contribution is 0.488. The van der Waals surface area contributed by atoms with Crippen LogP contribution in [0.15, 0.2) is 53.5 Å². The second-order valence-corrected chi connectivity index (χ2v) is 4.68. The second-order valence-electron chi connectivity index (χ2n) is 4.68. The van der Waals surface area contributed by atoms with Crippen LogP contribution in [0.4, 0.5) is 5.69 Å². The summed E-state index contributed by atoms with van der Waals surface area (Å²) < 4.78 is 7.51. The predicted octanol–water partition coefficient (Wildman–Crippen LogP) is 2.92. The fourth-order valence-corrected chi connectivity index (χ4v) is 2.09. The number of aromatic nitrogens is 3. The molecule has 0 saturated heterocycles. The van der Waals surface area contributed by atoms with Gasteiger partial charge in [0, 0.05) is 25.1 Å². The van der Waals surface area contributed by atoms with Crippen molar-refractivity contribution in [3.8, 4) is 0 Å². The zero-order valence-corrected chi connectivity index (χ0v) is 11.4. The summed E-state index contributed by atoms with van der Waals surface area (Å²) >= 11 is 0. The van der Waals surface area contributed by atoms with E-state index in [1.807, 2.05) is 55.2 Å². The van der Waals surface area contributed by atoms with Crippen LogP contribution in [0.25, 0.3) is 0 Å². The Labute approximate surface area is 117 Å². The molecule has 1 unspecified atom stereocenters. The monoisotopic (exact) mass is 268 g/mol. The molecular formula is C15H16N4O. The third-order valence-corrected chi connectivity index (χ3v) is 3.17. The van der Waals surface area contributed by atoms with E-state index in [2.05, 4.69) is 15.3 Å². The Balaban J connectivity index is 1.94. The smallest absolute Gasteiger partial charge is 0.143 e. The Hall–Kier alpha value is -2.56. The van der Waals surface area contributed by atoms with E-state index in [-0.39, 0.29) is 6.04 Å². The molecule has 5 heteroatoms. The first-order valence-corrected chi connectivity index (χ1v) is 6.44. The van der Waals surface area contributed by atoms with Crippen LogP contribution in [-0.4, -0.2) is 14.5 Å². The first-order chi connectivity index (χ1) is 9.74. The van der Waals surface area contributed by atoms with Crippen molar-refractivity contribution in [1.29, 1.82) is 0 Å². The SMILES string of the molecule is Cc1ccc(NC(c2ccco2)c2nccn2C)cn1. The molecule has 0 saturated carbocycles. The number of furan rings is 1. The first kappa shape index (κ1) is 12.5. The molecular weight excluding hydrogens is 252 g/mol. The van der Waals surface area contributed by atoms with E-state index in [4.69, 9.17) is 4.42 Å². The van der Waals surface area contributed by atoms with Gasteiger partial charge < -0.3 is 14.3 Å². The number of hydrogen-bond acceptors (Lipinski definition) is 4. The van der Waals surface area contributed by atoms with Crippen LogP contribution in [0.1, 0.15) is 23.3 Å². The molecule has 0 aliphatic rings. The average Bonchev–Trinajstić information content (AvgIpc) is 3.10. The van der Waals surface area contributed by atoms with Crippen LogP contribution in [0, 0.1) is 6.92 Å². The van der Waals surface area contributed by atoms with E-state index < -0.39 is 0 Å². The van der Waals surface area contributed by atoms with Crippen molar-refractivity contribution in [2.75, 3.05) is 5.32 Å². The lowest BCUT2D eigenvalue weighted by Crippen LogP contribution is -2.16. The molecule has 3 rings (SSSR count). The fraction of sp³-hybridized carbons (Fsp3) is 0.200. The van der Waals surface area contributed by atoms with E-state index in [0.29, 0.717) is 0 Å². The fourth-order valence-electron chi connectivity index (χ4n) is 2.09. The molecule has 20 heavy (non-hydrogen) atoms. The van der Waals surface area contributed by atoms with Gasteiger partial charge in [0.2, 0.25) is 0 Å². The van der Waals surface area contributed by atoms with Gasteiger partial charge in [-0.2, -0.15) is 0 Å². The quantitative estimate of drug-likeness (QED) is 0.790. The molecule has 3 aromatic rings. The molecule has 3 heterocycles. The van der Waals surface area contributed by atoms with Gasteiger partial charge in [-0.15, -0.1) is 0 Å². The molecule has 0 amide bonds. The number of rotatable bonds is 4. The van der Waals surface area contributed by atoms with Gasteiger partial charge >= 0.3 is 0 Å². The maximum atomic E-state index is 5.53. The number of nitrogens with one attached hydrogen (secondary N) is 1. The van der Waals surface area contributed by atoms with Crippen LogP contribution >= 0.6 is 0 Å². The molecule has 0 aromatic carbocycles. The Morgan fingerprint density at radius 1 is 1.25 bits per heavy atom. The van der Waals surface area contributed by atoms with E-state index in [1.54, 1.807) is 12.5 Å². The standard InChI is InChI=1S/C15H16N4O/c1-11-5-6-12(10-17-11)18-14(13-4-3-9-20-13)15-16-7-8-19(15)2/h3-10,14,18H,1-2H3. The van der Waals surface area contributed by atoms with Crippen LogP contribution < -0.4 is 5.32 Å². The van der Waals surface area contributed by atoms with Crippen molar-refractivity contribution in [2.45, 2.75) is 13.0 Å². The van der Waals surface area contributed by atoms with Gasteiger partial charge in [0.15, 0.2) is 0 Å². The van der Waals surface area contributed by atoms with Gasteiger partial charge in [0.1, 0.15) is 17.6 Å². The van der Waals surface area contributed by atoms with Crippen molar-refractivity contribution in [2.24, 2.45) is 7.05 Å². The van der Waals surface area contributed by atoms with Crippen molar-refractivity contribution in [3.63, 3.8) is 0 Å². The molecule has 0 spiro atoms. The van der Waals surface area contributed by atoms with Gasteiger partial charge in [-0.25, -0.2) is 4.98 Å². The maximum absolute atomic E-state index is 5.53. The lowest BCUT2D eigenvalue weighted by atomic mass is 10.2. The molecule has 0 aliphatic carbocycles. The zero-order valence-electron chi connectivity index (χ0n) is 11.4. The molecule has 0 aliphatic heterocycles. The third kappa shape index (κ3) is 2.42. The predicted molar refractivity (Wildman–Crippen MR) is 76.4 cm³/mol. The highest BCUT2D eigenvalue weighted by atomic mass is 16.3. The Bertz CT molecular complexity index is 670. The Morgan fingerprint density at radius 3 is 2.75 bits per heavy atom. The number of imidazole rings is 1. The van der Waals surface area contributed by atoms with E-state index >= 15 is 0 Å². The van der Waals surface area contributed by atoms with Crippen LogP contribution in [-0.2, 0) is 7.05 Å². The summed E-state index contributed by atoms with van der Waals surface area (Å²) in [6.07, 6.45) is 7.18. The summed E-state index contributed by atoms with van der Waals surface area (Å²) in [5.74, 6) is 1.71. The van der Waals surface area contributed by atoms with Crippen LogP contribution in [0.2, 0.25) is 0 Å². The number of nitrogens with zero attached hydrogens (tertiary/aromatic N) is 3. The number of anilines is 1. The van der Waals surface area contributed by atoms with Crippen molar-refractivity contribution >= 4 is 5.69 Å². The molecule has 0 radical (unpaired) electrons. The van der Waals surface area contributed by atoms with Crippen molar-refractivity contribution < 1.29 is 4.42 Å². The molecule has 0 fully saturated rings. The van der Waals surface area contributed by atoms with E-state index in [9.17, 15) is 0 Å². The van der Waals surface area contributed by atoms with E-state index in [1.165, 1.54) is 0 Å². The summed E-state index contributed by atoms with van der Waals surface area (Å²) in [6, 6.07) is 7.64. The molecule has 0 bridgehead atoms. The highest BCUT2D eigenvalue weighted by Gasteiger charge is 2.20. The minimum atomic E-state index is -0.144.